The van der Waals surface area contributed by atoms with Crippen molar-refractivity contribution in [1.29, 1.82) is 0 Å². The standard InChI is InChI=1S/C86H96Cl2N10O28/c1-5-6-7-8-9-10-11-13-59(104)92-68-71(107)73(109)76(84(118)119)126-85(68)125-75-56-30-41-31-57(75)122-53-23-18-40(28-48(53)87)69(105)67-83(117)96-65(78(112)90-24-12-25-98(3)4)46-32-42(100)33-55(123-86-74(110)72(108)70(106)58(36-99)124-86)60(46)45-27-38(16-21-50(45)101)63(80(114)97-67)93-81(115)64(41)94-82(116)66-47-34-44(35-52(103)61(47)88)121-54-29-39(17-22-51(54)102)62(89-2)79(113)91-49(77(111)95-66)26-37-14-19-43(120-56)20-15-37/h14-23,27-35,49,58,62-74,76,85-86,89,99-103,105-110H,5-13,24-26,36H2,1-4H3,(H,90,112)(H,91,113)(H,92,104)(H,93,115)(H,94,116)(H,95,111)(H,96,117)(H,97,114)(H,118,119)/t49-,58-,62-,63-,64-,65+,66+,67+,68-,69-,70-,71-,72+,73+,74+,76+,85-,86+/m1/s1. The second-order valence-electron chi connectivity index (χ2n) is 31.5. The number of benzene rings is 7. The van der Waals surface area contributed by atoms with E-state index in [1.54, 1.807) is 19.0 Å². The number of aliphatic hydroxyl groups is 7. The summed E-state index contributed by atoms with van der Waals surface area (Å²) in [5, 5.41) is 161. The molecular weight excluding hydrogens is 1690 g/mol. The van der Waals surface area contributed by atoms with Crippen molar-refractivity contribution < 1.29 is 138 Å². The average molecular weight is 1790 g/mol. The van der Waals surface area contributed by atoms with Crippen LogP contribution in [0, 0.1) is 0 Å². The maximum absolute atomic E-state index is 16.8. The van der Waals surface area contributed by atoms with Crippen LogP contribution in [0.15, 0.2) is 115 Å². The lowest BCUT2D eigenvalue weighted by Gasteiger charge is -2.41. The zero-order valence-corrected chi connectivity index (χ0v) is 69.7. The van der Waals surface area contributed by atoms with Crippen molar-refractivity contribution in [3.63, 3.8) is 0 Å². The van der Waals surface area contributed by atoms with E-state index in [2.05, 4.69) is 54.8 Å². The molecule has 672 valence electrons. The van der Waals surface area contributed by atoms with E-state index < -0.39 is 271 Å². The van der Waals surface area contributed by atoms with Crippen LogP contribution >= 0.6 is 23.2 Å². The van der Waals surface area contributed by atoms with Crippen LogP contribution in [0.2, 0.25) is 10.0 Å². The monoisotopic (exact) mass is 1790 g/mol. The second kappa shape index (κ2) is 39.8. The first-order valence-electron chi connectivity index (χ1n) is 40.6. The number of hydrogen-bond acceptors (Lipinski definition) is 29. The normalized spacial score (nSPS) is 26.0. The number of amides is 8. The van der Waals surface area contributed by atoms with Gasteiger partial charge >= 0.3 is 5.97 Å². The van der Waals surface area contributed by atoms with Gasteiger partial charge in [-0.25, -0.2) is 4.79 Å². The molecule has 17 bridgehead atoms. The highest BCUT2D eigenvalue weighted by Gasteiger charge is 2.52. The molecule has 21 N–H and O–H groups in total. The van der Waals surface area contributed by atoms with E-state index in [-0.39, 0.29) is 47.8 Å². The predicted molar refractivity (Wildman–Crippen MR) is 443 cm³/mol. The molecular formula is C86H96Cl2N10O28. The molecule has 0 spiro atoms. The molecule has 7 aromatic carbocycles. The fourth-order valence-corrected chi connectivity index (χ4v) is 16.1. The maximum atomic E-state index is 16.8. The number of halogens is 2. The van der Waals surface area contributed by atoms with Crippen LogP contribution in [-0.2, 0) is 59.0 Å². The number of phenolic OH excluding ortho intramolecular Hbond substituents is 4. The second-order valence-corrected chi connectivity index (χ2v) is 32.3. The zero-order valence-electron chi connectivity index (χ0n) is 68.2. The number of carbonyl (C=O) groups is 9. The van der Waals surface area contributed by atoms with Gasteiger partial charge in [-0.05, 0) is 147 Å². The number of fused-ring (bicyclic) bond motifs is 14. The molecule has 8 aliphatic rings. The molecule has 40 heteroatoms. The molecule has 8 aliphatic heterocycles. The quantitative estimate of drug-likeness (QED) is 0.0458. The number of aromatic hydroxyl groups is 4. The van der Waals surface area contributed by atoms with E-state index in [4.69, 9.17) is 56.4 Å². The molecule has 8 heterocycles. The molecule has 38 nitrogen and oxygen atoms in total. The minimum Gasteiger partial charge on any atom is -0.508 e. The number of carboxylic acids is 1. The lowest BCUT2D eigenvalue weighted by Crippen LogP contribution is -2.66. The Bertz CT molecular complexity index is 5280. The van der Waals surface area contributed by atoms with Crippen LogP contribution in [-0.4, -0.2) is 234 Å². The highest BCUT2D eigenvalue weighted by Crippen LogP contribution is 2.51. The van der Waals surface area contributed by atoms with Crippen molar-refractivity contribution >= 4 is 76.4 Å². The fourth-order valence-electron chi connectivity index (χ4n) is 15.6. The smallest absolute Gasteiger partial charge is 0.335 e. The Balaban J connectivity index is 1.05. The van der Waals surface area contributed by atoms with Crippen LogP contribution < -0.4 is 71.5 Å². The summed E-state index contributed by atoms with van der Waals surface area (Å²) in [7, 11) is 4.95. The number of rotatable bonds is 21. The van der Waals surface area contributed by atoms with Gasteiger partial charge in [0.2, 0.25) is 65.6 Å². The van der Waals surface area contributed by atoms with E-state index in [1.165, 1.54) is 49.5 Å². The molecule has 2 saturated heterocycles. The highest BCUT2D eigenvalue weighted by molar-refractivity contribution is 6.33. The van der Waals surface area contributed by atoms with Crippen molar-refractivity contribution in [3.05, 3.63) is 164 Å². The number of phenols is 4. The van der Waals surface area contributed by atoms with Crippen LogP contribution in [0.3, 0.4) is 0 Å². The topological polar surface area (TPSA) is 573 Å². The Labute approximate surface area is 729 Å². The molecule has 126 heavy (non-hydrogen) atoms. The number of carbonyl (C=O) groups excluding carboxylic acids is 8. The minimum atomic E-state index is -2.45. The number of hydrogen-bond donors (Lipinski definition) is 21. The van der Waals surface area contributed by atoms with Gasteiger partial charge in [-0.2, -0.15) is 0 Å². The van der Waals surface area contributed by atoms with Crippen molar-refractivity contribution in [2.24, 2.45) is 0 Å². The third-order valence-corrected chi connectivity index (χ3v) is 23.0. The van der Waals surface area contributed by atoms with Crippen LogP contribution in [0.5, 0.6) is 69.0 Å². The summed E-state index contributed by atoms with van der Waals surface area (Å²) in [4.78, 5) is 140. The van der Waals surface area contributed by atoms with Gasteiger partial charge in [0, 0.05) is 48.2 Å². The summed E-state index contributed by atoms with van der Waals surface area (Å²) < 4.78 is 44.4. The summed E-state index contributed by atoms with van der Waals surface area (Å²) in [6.07, 6.45) is -15.9. The molecule has 18 atom stereocenters. The molecule has 7 aromatic rings. The Kier molecular flexibility index (Phi) is 29.0. The molecule has 15 rings (SSSR count). The molecule has 2 fully saturated rings. The molecule has 0 radical (unpaired) electrons. The Hall–Kier alpha value is -11.9. The summed E-state index contributed by atoms with van der Waals surface area (Å²) in [6.45, 7) is 1.41. The lowest BCUT2D eigenvalue weighted by atomic mass is 9.89. The highest BCUT2D eigenvalue weighted by atomic mass is 35.5. The number of nitrogens with zero attached hydrogens (tertiary/aromatic N) is 1. The van der Waals surface area contributed by atoms with Crippen molar-refractivity contribution in [3.8, 4) is 80.1 Å². The SMILES string of the molecule is CCCCCCCCCC(=O)N[C@H]1[C@H](Oc2c3cc4cc2Oc2ccc(cc2Cl)[C@@H](O)[C@@H]2NC(=O)[C@H](NC(=O)[C@@H]4NC(=O)[C@H]4NC(=O)[C@@H](Cc5ccc(cc5)O3)NC(=O)[C@H](NC)c3ccc(O)c(c3)Oc3cc(O)c(Cl)c4c3)c3ccc(O)c(c3)-c3c(O[C@H]4O[C@H](CO)[C@@H](O)[C@H](O)[C@@H]4O)cc(O)cc3[C@@H](C(=O)NCCCN(C)C)NC2=O)O[C@H](C(=O)O)[C@@H](O)[C@@H]1O. The van der Waals surface area contributed by atoms with E-state index >= 15 is 28.8 Å². The maximum Gasteiger partial charge on any atom is 0.335 e. The first-order valence-corrected chi connectivity index (χ1v) is 41.4. The zero-order chi connectivity index (χ0) is 90.4. The number of ether oxygens (including phenoxy) is 7. The van der Waals surface area contributed by atoms with Crippen molar-refractivity contribution in [2.75, 3.05) is 40.8 Å². The number of aliphatic hydroxyl groups excluding tert-OH is 7. The first kappa shape index (κ1) is 91.8. The molecule has 8 amide bonds. The Morgan fingerprint density at radius 3 is 1.90 bits per heavy atom. The van der Waals surface area contributed by atoms with Crippen LogP contribution in [0.1, 0.15) is 140 Å². The number of unbranched alkanes of at least 4 members (excludes halogenated alkanes) is 6. The van der Waals surface area contributed by atoms with Crippen molar-refractivity contribution in [1.82, 2.24) is 52.8 Å². The average Bonchev–Trinajstić information content (AvgIpc) is 0.760. The summed E-state index contributed by atoms with van der Waals surface area (Å²) >= 11 is 14.3. The number of nitrogens with one attached hydrogen (secondary N) is 9. The van der Waals surface area contributed by atoms with E-state index in [1.807, 2.05) is 0 Å². The summed E-state index contributed by atoms with van der Waals surface area (Å²) in [6, 6.07) is 5.66. The summed E-state index contributed by atoms with van der Waals surface area (Å²) in [5.41, 5.74) is -2.68. The van der Waals surface area contributed by atoms with Gasteiger partial charge in [-0.3, -0.25) is 38.4 Å². The third-order valence-electron chi connectivity index (χ3n) is 22.3. The number of carboxylic acid groups (broad SMARTS) is 1. The van der Waals surface area contributed by atoms with Gasteiger partial charge in [0.15, 0.2) is 29.1 Å². The van der Waals surface area contributed by atoms with Gasteiger partial charge in [0.25, 0.3) is 0 Å². The van der Waals surface area contributed by atoms with Crippen LogP contribution in [0.25, 0.3) is 11.1 Å². The number of aliphatic carboxylic acids is 1. The third kappa shape index (κ3) is 20.3. The van der Waals surface area contributed by atoms with Gasteiger partial charge in [0.1, 0.15) is 131 Å². The lowest BCUT2D eigenvalue weighted by molar-refractivity contribution is -0.277. The first-order chi connectivity index (χ1) is 60.2. The molecule has 0 aliphatic carbocycles. The predicted octanol–water partition coefficient (Wildman–Crippen LogP) is 3.53. The van der Waals surface area contributed by atoms with Gasteiger partial charge in [0.05, 0.1) is 16.7 Å². The number of likely N-dealkylation sites (N-methyl/N-ethyl adjacent to an activating group) is 1. The van der Waals surface area contributed by atoms with Gasteiger partial charge in [-0.15, -0.1) is 0 Å². The minimum absolute atomic E-state index is 0.0940. The Morgan fingerprint density at radius 2 is 1.21 bits per heavy atom. The Morgan fingerprint density at radius 1 is 0.556 bits per heavy atom. The van der Waals surface area contributed by atoms with E-state index in [0.717, 1.165) is 105 Å². The van der Waals surface area contributed by atoms with E-state index in [9.17, 15) is 75.7 Å². The van der Waals surface area contributed by atoms with Crippen LogP contribution in [0.4, 0.5) is 0 Å². The van der Waals surface area contributed by atoms with Gasteiger partial charge < -0.3 is 147 Å². The molecule has 0 saturated carbocycles. The summed E-state index contributed by atoms with van der Waals surface area (Å²) in [5.74, 6) is -18.0. The molecule has 0 unspecified atom stereocenters. The van der Waals surface area contributed by atoms with Crippen molar-refractivity contribution in [2.45, 2.75) is 181 Å². The molecule has 0 aromatic heterocycles. The fraction of sp³-hybridized carbons (Fsp3) is 0.407. The largest absolute Gasteiger partial charge is 0.508 e. The van der Waals surface area contributed by atoms with Gasteiger partial charge in [-0.1, -0.05) is 99.0 Å². The van der Waals surface area contributed by atoms with E-state index in [0.29, 0.717) is 24.9 Å².